The van der Waals surface area contributed by atoms with Gasteiger partial charge in [0.1, 0.15) is 0 Å². The molecule has 26 heavy (non-hydrogen) atoms. The third-order valence-corrected chi connectivity index (χ3v) is 4.14. The third kappa shape index (κ3) is 4.50. The maximum Gasteiger partial charge on any atom is 0.339 e. The fourth-order valence-corrected chi connectivity index (χ4v) is 2.55. The number of rotatable bonds is 5. The van der Waals surface area contributed by atoms with Crippen LogP contribution in [0.4, 0.5) is 11.4 Å². The summed E-state index contributed by atoms with van der Waals surface area (Å²) in [6.07, 6.45) is -1.17. The molecule has 0 saturated heterocycles. The molecule has 0 heterocycles. The van der Waals surface area contributed by atoms with Crippen LogP contribution < -0.4 is 5.32 Å². The highest BCUT2D eigenvalue weighted by Gasteiger charge is 2.22. The Morgan fingerprint density at radius 3 is 2.38 bits per heavy atom. The fourth-order valence-electron chi connectivity index (χ4n) is 2.06. The Bertz CT molecular complexity index is 865. The average molecular weight is 397 g/mol. The van der Waals surface area contributed by atoms with Crippen LogP contribution in [0.5, 0.6) is 0 Å². The topological polar surface area (TPSA) is 98.5 Å². The van der Waals surface area contributed by atoms with Gasteiger partial charge in [0.15, 0.2) is 6.10 Å². The van der Waals surface area contributed by atoms with E-state index in [9.17, 15) is 19.7 Å². The molecular formula is C17H14Cl2N2O5. The number of carbonyl (C=O) groups is 2. The molecule has 0 fully saturated rings. The van der Waals surface area contributed by atoms with Gasteiger partial charge in [0.05, 0.1) is 26.2 Å². The van der Waals surface area contributed by atoms with Crippen molar-refractivity contribution in [2.75, 3.05) is 5.32 Å². The van der Waals surface area contributed by atoms with Gasteiger partial charge in [0.25, 0.3) is 11.6 Å². The van der Waals surface area contributed by atoms with Crippen molar-refractivity contribution >= 4 is 46.5 Å². The molecule has 0 saturated carbocycles. The van der Waals surface area contributed by atoms with Crippen molar-refractivity contribution in [3.8, 4) is 0 Å². The smallest absolute Gasteiger partial charge is 0.339 e. The Morgan fingerprint density at radius 2 is 1.81 bits per heavy atom. The van der Waals surface area contributed by atoms with Crippen molar-refractivity contribution in [1.29, 1.82) is 0 Å². The van der Waals surface area contributed by atoms with Crippen LogP contribution in [-0.4, -0.2) is 22.9 Å². The lowest BCUT2D eigenvalue weighted by atomic mass is 10.1. The second-order valence-corrected chi connectivity index (χ2v) is 6.21. The summed E-state index contributed by atoms with van der Waals surface area (Å²) in [5.74, 6) is -1.50. The molecule has 0 radical (unpaired) electrons. The Balaban J connectivity index is 2.10. The highest BCUT2D eigenvalue weighted by atomic mass is 35.5. The third-order valence-electron chi connectivity index (χ3n) is 3.51. The molecule has 9 heteroatoms. The molecule has 1 amide bonds. The van der Waals surface area contributed by atoms with E-state index in [1.165, 1.54) is 19.1 Å². The Kier molecular flexibility index (Phi) is 6.18. The van der Waals surface area contributed by atoms with Crippen LogP contribution in [0.1, 0.15) is 22.8 Å². The lowest BCUT2D eigenvalue weighted by molar-refractivity contribution is -0.385. The first-order valence-corrected chi connectivity index (χ1v) is 8.17. The first-order valence-electron chi connectivity index (χ1n) is 7.41. The van der Waals surface area contributed by atoms with Crippen LogP contribution in [0.3, 0.4) is 0 Å². The molecule has 0 aliphatic heterocycles. The van der Waals surface area contributed by atoms with E-state index in [2.05, 4.69) is 5.32 Å². The van der Waals surface area contributed by atoms with Gasteiger partial charge < -0.3 is 10.1 Å². The number of hydrogen-bond acceptors (Lipinski definition) is 5. The number of esters is 1. The van der Waals surface area contributed by atoms with Crippen LogP contribution in [0, 0.1) is 17.0 Å². The summed E-state index contributed by atoms with van der Waals surface area (Å²) in [6.45, 7) is 2.91. The number of ether oxygens (including phenoxy) is 1. The van der Waals surface area contributed by atoms with E-state index in [-0.39, 0.29) is 27.0 Å². The molecule has 0 aliphatic rings. The number of carbonyl (C=O) groups excluding carboxylic acids is 2. The summed E-state index contributed by atoms with van der Waals surface area (Å²) in [7, 11) is 0. The summed E-state index contributed by atoms with van der Waals surface area (Å²) in [5.41, 5.74) is 0.373. The number of anilines is 1. The predicted octanol–water partition coefficient (Wildman–Crippen LogP) is 4.39. The van der Waals surface area contributed by atoms with Crippen molar-refractivity contribution < 1.29 is 19.2 Å². The molecule has 7 nitrogen and oxygen atoms in total. The zero-order valence-corrected chi connectivity index (χ0v) is 15.3. The van der Waals surface area contributed by atoms with Crippen LogP contribution in [0.25, 0.3) is 0 Å². The quantitative estimate of drug-likeness (QED) is 0.458. The number of nitro groups is 1. The Morgan fingerprint density at radius 1 is 1.19 bits per heavy atom. The number of halogens is 2. The largest absolute Gasteiger partial charge is 0.449 e. The Hall–Kier alpha value is -2.64. The minimum Gasteiger partial charge on any atom is -0.449 e. The molecule has 1 N–H and O–H groups in total. The monoisotopic (exact) mass is 396 g/mol. The van der Waals surface area contributed by atoms with Gasteiger partial charge in [-0.3, -0.25) is 14.9 Å². The number of aryl methyl sites for hydroxylation is 1. The van der Waals surface area contributed by atoms with E-state index in [0.717, 1.165) is 6.07 Å². The van der Waals surface area contributed by atoms with Gasteiger partial charge in [-0.2, -0.15) is 0 Å². The van der Waals surface area contributed by atoms with Gasteiger partial charge in [-0.25, -0.2) is 4.79 Å². The van der Waals surface area contributed by atoms with Crippen molar-refractivity contribution in [1.82, 2.24) is 0 Å². The minimum absolute atomic E-state index is 0.0299. The van der Waals surface area contributed by atoms with E-state index in [1.54, 1.807) is 25.1 Å². The van der Waals surface area contributed by atoms with Gasteiger partial charge in [0, 0.05) is 11.6 Å². The summed E-state index contributed by atoms with van der Waals surface area (Å²) in [4.78, 5) is 34.7. The minimum atomic E-state index is -1.17. The molecule has 0 aromatic heterocycles. The van der Waals surface area contributed by atoms with Gasteiger partial charge in [-0.05, 0) is 32.0 Å². The van der Waals surface area contributed by atoms with Gasteiger partial charge in [0.2, 0.25) is 0 Å². The van der Waals surface area contributed by atoms with Crippen LogP contribution in [0.15, 0.2) is 36.4 Å². The van der Waals surface area contributed by atoms with Crippen molar-refractivity contribution in [2.45, 2.75) is 20.0 Å². The molecular weight excluding hydrogens is 383 g/mol. The standard InChI is InChI=1S/C17H14Cl2N2O5/c1-9-6-7-11(8-14(9)21(24)25)17(23)26-10(2)16(22)20-15-12(18)4-3-5-13(15)19/h3-8,10H,1-2H3,(H,20,22)/t10-/m1/s1. The van der Waals surface area contributed by atoms with E-state index >= 15 is 0 Å². The SMILES string of the molecule is Cc1ccc(C(=O)O[C@H](C)C(=O)Nc2c(Cl)cccc2Cl)cc1[N+](=O)[O-]. The lowest BCUT2D eigenvalue weighted by Gasteiger charge is -2.15. The van der Waals surface area contributed by atoms with Crippen molar-refractivity contribution in [3.63, 3.8) is 0 Å². The number of hydrogen-bond donors (Lipinski definition) is 1. The number of nitrogens with one attached hydrogen (secondary N) is 1. The van der Waals surface area contributed by atoms with Gasteiger partial charge >= 0.3 is 5.97 Å². The molecule has 136 valence electrons. The fraction of sp³-hybridized carbons (Fsp3) is 0.176. The maximum atomic E-state index is 12.2. The first-order chi connectivity index (χ1) is 12.2. The van der Waals surface area contributed by atoms with E-state index in [0.29, 0.717) is 5.56 Å². The second kappa shape index (κ2) is 8.16. The molecule has 2 aromatic carbocycles. The lowest BCUT2D eigenvalue weighted by Crippen LogP contribution is -2.30. The normalized spacial score (nSPS) is 11.5. The molecule has 1 atom stereocenters. The molecule has 0 spiro atoms. The zero-order chi connectivity index (χ0) is 19.4. The van der Waals surface area contributed by atoms with Crippen LogP contribution in [0.2, 0.25) is 10.0 Å². The number of nitrogens with zero attached hydrogens (tertiary/aromatic N) is 1. The van der Waals surface area contributed by atoms with Crippen LogP contribution >= 0.6 is 23.2 Å². The Labute approximate surface area is 159 Å². The molecule has 0 aliphatic carbocycles. The molecule has 0 bridgehead atoms. The van der Waals surface area contributed by atoms with Crippen molar-refractivity contribution in [3.05, 3.63) is 67.7 Å². The maximum absolute atomic E-state index is 12.2. The number of benzene rings is 2. The summed E-state index contributed by atoms with van der Waals surface area (Å²) >= 11 is 11.9. The zero-order valence-electron chi connectivity index (χ0n) is 13.8. The van der Waals surface area contributed by atoms with Crippen molar-refractivity contribution in [2.24, 2.45) is 0 Å². The van der Waals surface area contributed by atoms with Gasteiger partial charge in [-0.15, -0.1) is 0 Å². The number of amides is 1. The predicted molar refractivity (Wildman–Crippen MR) is 97.8 cm³/mol. The van der Waals surface area contributed by atoms with Crippen LogP contribution in [-0.2, 0) is 9.53 Å². The average Bonchev–Trinajstić information content (AvgIpc) is 2.58. The number of nitro benzene ring substituents is 1. The molecule has 2 aromatic rings. The molecule has 0 unspecified atom stereocenters. The second-order valence-electron chi connectivity index (χ2n) is 5.39. The summed E-state index contributed by atoms with van der Waals surface area (Å²) < 4.78 is 5.07. The van der Waals surface area contributed by atoms with E-state index in [4.69, 9.17) is 27.9 Å². The summed E-state index contributed by atoms with van der Waals surface area (Å²) in [5, 5.41) is 13.9. The van der Waals surface area contributed by atoms with E-state index < -0.39 is 22.9 Å². The highest BCUT2D eigenvalue weighted by Crippen LogP contribution is 2.30. The highest BCUT2D eigenvalue weighted by molar-refractivity contribution is 6.39. The first kappa shape index (κ1) is 19.7. The number of para-hydroxylation sites is 1. The van der Waals surface area contributed by atoms with Gasteiger partial charge in [-0.1, -0.05) is 35.3 Å². The van der Waals surface area contributed by atoms with E-state index in [1.807, 2.05) is 0 Å². The summed E-state index contributed by atoms with van der Waals surface area (Å²) in [6, 6.07) is 8.64. The molecule has 2 rings (SSSR count).